The molecule has 1 aromatic carbocycles. The molecule has 0 aliphatic carbocycles. The molecule has 1 aromatic rings. The average Bonchev–Trinajstić information content (AvgIpc) is 2.28. The molecule has 1 amide bonds. The van der Waals surface area contributed by atoms with Crippen LogP contribution in [0.5, 0.6) is 0 Å². The number of halogens is 1. The highest BCUT2D eigenvalue weighted by molar-refractivity contribution is 5.93. The van der Waals surface area contributed by atoms with Crippen molar-refractivity contribution in [3.05, 3.63) is 29.1 Å². The van der Waals surface area contributed by atoms with E-state index in [9.17, 15) is 9.18 Å². The van der Waals surface area contributed by atoms with E-state index < -0.39 is 0 Å². The number of amides is 1. The molecule has 0 fully saturated rings. The lowest BCUT2D eigenvalue weighted by Crippen LogP contribution is -2.23. The molecule has 14 heavy (non-hydrogen) atoms. The van der Waals surface area contributed by atoms with E-state index in [-0.39, 0.29) is 18.3 Å². The molecule has 1 heterocycles. The molecular formula is C10H11FN2O. The number of benzene rings is 1. The molecular weight excluding hydrogens is 183 g/mol. The lowest BCUT2D eigenvalue weighted by atomic mass is 10.1. The first-order valence-electron chi connectivity index (χ1n) is 4.46. The Morgan fingerprint density at radius 3 is 2.93 bits per heavy atom. The van der Waals surface area contributed by atoms with Crippen molar-refractivity contribution in [2.75, 3.05) is 11.9 Å². The Balaban J connectivity index is 2.46. The van der Waals surface area contributed by atoms with E-state index in [0.29, 0.717) is 17.8 Å². The highest BCUT2D eigenvalue weighted by Crippen LogP contribution is 2.21. The molecule has 0 saturated carbocycles. The van der Waals surface area contributed by atoms with Crippen LogP contribution < -0.4 is 10.6 Å². The summed E-state index contributed by atoms with van der Waals surface area (Å²) in [6.45, 7) is 2.47. The molecule has 2 rings (SSSR count). The van der Waals surface area contributed by atoms with Gasteiger partial charge in [-0.2, -0.15) is 0 Å². The molecule has 0 atom stereocenters. The predicted octanol–water partition coefficient (Wildman–Crippen LogP) is 1.18. The van der Waals surface area contributed by atoms with Gasteiger partial charge in [0.1, 0.15) is 5.82 Å². The van der Waals surface area contributed by atoms with Gasteiger partial charge in [0.2, 0.25) is 5.91 Å². The monoisotopic (exact) mass is 194 g/mol. The minimum atomic E-state index is -0.235. The van der Waals surface area contributed by atoms with Gasteiger partial charge in [-0.3, -0.25) is 4.79 Å². The number of aryl methyl sites for hydroxylation is 1. The maximum Gasteiger partial charge on any atom is 0.238 e. The van der Waals surface area contributed by atoms with E-state index in [1.807, 2.05) is 0 Å². The molecule has 0 spiro atoms. The van der Waals surface area contributed by atoms with Gasteiger partial charge in [0.05, 0.1) is 6.54 Å². The third-order valence-electron chi connectivity index (χ3n) is 2.26. The second-order valence-corrected chi connectivity index (χ2v) is 3.41. The van der Waals surface area contributed by atoms with Gasteiger partial charge in [-0.05, 0) is 30.2 Å². The number of fused-ring (bicyclic) bond motifs is 1. The van der Waals surface area contributed by atoms with Crippen LogP contribution in [-0.2, 0) is 11.3 Å². The van der Waals surface area contributed by atoms with Crippen LogP contribution in [0.4, 0.5) is 10.1 Å². The number of anilines is 1. The first-order valence-corrected chi connectivity index (χ1v) is 4.46. The number of rotatable bonds is 0. The lowest BCUT2D eigenvalue weighted by molar-refractivity contribution is -0.115. The summed E-state index contributed by atoms with van der Waals surface area (Å²) < 4.78 is 13.2. The van der Waals surface area contributed by atoms with E-state index in [2.05, 4.69) is 10.6 Å². The maximum atomic E-state index is 13.2. The molecule has 1 aliphatic rings. The van der Waals surface area contributed by atoms with Crippen molar-refractivity contribution in [2.45, 2.75) is 13.5 Å². The second kappa shape index (κ2) is 3.38. The lowest BCUT2D eigenvalue weighted by Gasteiger charge is -2.07. The van der Waals surface area contributed by atoms with Gasteiger partial charge in [-0.25, -0.2) is 4.39 Å². The number of hydrogen-bond acceptors (Lipinski definition) is 2. The Kier molecular flexibility index (Phi) is 2.21. The van der Waals surface area contributed by atoms with Gasteiger partial charge in [0.25, 0.3) is 0 Å². The van der Waals surface area contributed by atoms with Gasteiger partial charge in [0.15, 0.2) is 0 Å². The van der Waals surface area contributed by atoms with Crippen LogP contribution in [0.2, 0.25) is 0 Å². The fourth-order valence-corrected chi connectivity index (χ4v) is 1.49. The highest BCUT2D eigenvalue weighted by Gasteiger charge is 2.13. The highest BCUT2D eigenvalue weighted by atomic mass is 19.1. The molecule has 2 N–H and O–H groups in total. The second-order valence-electron chi connectivity index (χ2n) is 3.41. The summed E-state index contributed by atoms with van der Waals surface area (Å²) in [4.78, 5) is 11.2. The van der Waals surface area contributed by atoms with Crippen LogP contribution in [-0.4, -0.2) is 12.5 Å². The number of carbonyl (C=O) groups excluding carboxylic acids is 1. The molecule has 4 heteroatoms. The predicted molar refractivity (Wildman–Crippen MR) is 51.5 cm³/mol. The Labute approximate surface area is 81.3 Å². The summed E-state index contributed by atoms with van der Waals surface area (Å²) in [6, 6.07) is 3.12. The van der Waals surface area contributed by atoms with Crippen molar-refractivity contribution < 1.29 is 9.18 Å². The van der Waals surface area contributed by atoms with E-state index in [1.165, 1.54) is 6.07 Å². The minimum absolute atomic E-state index is 0.0882. The Morgan fingerprint density at radius 1 is 1.36 bits per heavy atom. The smallest absolute Gasteiger partial charge is 0.238 e. The molecule has 74 valence electrons. The Morgan fingerprint density at radius 2 is 2.14 bits per heavy atom. The molecule has 1 aliphatic heterocycles. The topological polar surface area (TPSA) is 41.1 Å². The van der Waals surface area contributed by atoms with Crippen LogP contribution in [0.3, 0.4) is 0 Å². The van der Waals surface area contributed by atoms with Crippen molar-refractivity contribution >= 4 is 11.6 Å². The number of nitrogens with one attached hydrogen (secondary N) is 2. The van der Waals surface area contributed by atoms with Gasteiger partial charge >= 0.3 is 0 Å². The molecule has 0 bridgehead atoms. The summed E-state index contributed by atoms with van der Waals surface area (Å²) in [6.07, 6.45) is 0. The Bertz CT molecular complexity index is 390. The SMILES string of the molecule is Cc1cc2c(cc1F)CNCC(=O)N2. The summed E-state index contributed by atoms with van der Waals surface area (Å²) >= 11 is 0. The quantitative estimate of drug-likeness (QED) is 0.651. The van der Waals surface area contributed by atoms with Crippen LogP contribution in [0.25, 0.3) is 0 Å². The van der Waals surface area contributed by atoms with Crippen molar-refractivity contribution in [1.29, 1.82) is 0 Å². The summed E-state index contributed by atoms with van der Waals surface area (Å²) in [7, 11) is 0. The van der Waals surface area contributed by atoms with Crippen molar-refractivity contribution in [3.8, 4) is 0 Å². The van der Waals surface area contributed by atoms with E-state index >= 15 is 0 Å². The Hall–Kier alpha value is -1.42. The van der Waals surface area contributed by atoms with Gasteiger partial charge in [-0.15, -0.1) is 0 Å². The van der Waals surface area contributed by atoms with Gasteiger partial charge in [0, 0.05) is 12.2 Å². The number of carbonyl (C=O) groups is 1. The van der Waals surface area contributed by atoms with Crippen molar-refractivity contribution in [1.82, 2.24) is 5.32 Å². The fraction of sp³-hybridized carbons (Fsp3) is 0.300. The first kappa shape index (κ1) is 9.15. The minimum Gasteiger partial charge on any atom is -0.325 e. The maximum absolute atomic E-state index is 13.2. The van der Waals surface area contributed by atoms with Crippen LogP contribution in [0.1, 0.15) is 11.1 Å². The third-order valence-corrected chi connectivity index (χ3v) is 2.26. The summed E-state index contributed by atoms with van der Waals surface area (Å²) in [5.74, 6) is -0.323. The summed E-state index contributed by atoms with van der Waals surface area (Å²) in [5, 5.41) is 5.64. The van der Waals surface area contributed by atoms with E-state index in [1.54, 1.807) is 13.0 Å². The molecule has 0 radical (unpaired) electrons. The molecule has 3 nitrogen and oxygen atoms in total. The zero-order valence-electron chi connectivity index (χ0n) is 7.86. The van der Waals surface area contributed by atoms with Gasteiger partial charge in [-0.1, -0.05) is 0 Å². The zero-order valence-corrected chi connectivity index (χ0v) is 7.86. The van der Waals surface area contributed by atoms with Crippen LogP contribution in [0, 0.1) is 12.7 Å². The van der Waals surface area contributed by atoms with Crippen LogP contribution >= 0.6 is 0 Å². The molecule has 0 saturated heterocycles. The zero-order chi connectivity index (χ0) is 10.1. The molecule has 0 unspecified atom stereocenters. The van der Waals surface area contributed by atoms with E-state index in [0.717, 1.165) is 5.56 Å². The average molecular weight is 194 g/mol. The van der Waals surface area contributed by atoms with Crippen LogP contribution in [0.15, 0.2) is 12.1 Å². The van der Waals surface area contributed by atoms with Crippen molar-refractivity contribution in [3.63, 3.8) is 0 Å². The standard InChI is InChI=1S/C10H11FN2O/c1-6-2-9-7(3-8(6)11)4-12-5-10(14)13-9/h2-3,12H,4-5H2,1H3,(H,13,14). The largest absolute Gasteiger partial charge is 0.325 e. The summed E-state index contributed by atoms with van der Waals surface area (Å²) in [5.41, 5.74) is 2.05. The number of hydrogen-bond donors (Lipinski definition) is 2. The first-order chi connectivity index (χ1) is 6.66. The van der Waals surface area contributed by atoms with Gasteiger partial charge < -0.3 is 10.6 Å². The molecule has 0 aromatic heterocycles. The normalized spacial score (nSPS) is 15.7. The third kappa shape index (κ3) is 1.61. The fourth-order valence-electron chi connectivity index (χ4n) is 1.49. The van der Waals surface area contributed by atoms with E-state index in [4.69, 9.17) is 0 Å². The van der Waals surface area contributed by atoms with Crippen molar-refractivity contribution in [2.24, 2.45) is 0 Å².